The van der Waals surface area contributed by atoms with Crippen LogP contribution in [0.1, 0.15) is 32.6 Å². The van der Waals surface area contributed by atoms with E-state index in [9.17, 15) is 0 Å². The van der Waals surface area contributed by atoms with E-state index in [2.05, 4.69) is 17.1 Å². The van der Waals surface area contributed by atoms with Crippen molar-refractivity contribution in [2.45, 2.75) is 38.6 Å². The predicted molar refractivity (Wildman–Crippen MR) is 66.7 cm³/mol. The normalized spacial score (nSPS) is 31.1. The molecule has 0 aromatic heterocycles. The summed E-state index contributed by atoms with van der Waals surface area (Å²) in [5, 5.41) is 3.51. The van der Waals surface area contributed by atoms with Gasteiger partial charge in [0.1, 0.15) is 0 Å². The summed E-state index contributed by atoms with van der Waals surface area (Å²) < 4.78 is 5.52. The third kappa shape index (κ3) is 3.44. The second-order valence-corrected chi connectivity index (χ2v) is 5.22. The fraction of sp³-hybridized carbons (Fsp3) is 1.00. The van der Waals surface area contributed by atoms with Crippen LogP contribution in [0.5, 0.6) is 0 Å². The van der Waals surface area contributed by atoms with E-state index in [0.717, 1.165) is 19.1 Å². The summed E-state index contributed by atoms with van der Waals surface area (Å²) in [5.74, 6) is 0.862. The van der Waals surface area contributed by atoms with Crippen molar-refractivity contribution in [3.63, 3.8) is 0 Å². The highest BCUT2D eigenvalue weighted by Gasteiger charge is 2.25. The van der Waals surface area contributed by atoms with Gasteiger partial charge in [-0.3, -0.25) is 4.90 Å². The van der Waals surface area contributed by atoms with E-state index >= 15 is 0 Å². The number of nitrogens with zero attached hydrogens (tertiary/aromatic N) is 1. The second-order valence-electron chi connectivity index (χ2n) is 5.22. The fourth-order valence-corrected chi connectivity index (χ4v) is 2.93. The second kappa shape index (κ2) is 6.58. The molecular formula is C13H26N2O. The summed E-state index contributed by atoms with van der Waals surface area (Å²) in [5.41, 5.74) is 0. The minimum absolute atomic E-state index is 0.696. The van der Waals surface area contributed by atoms with Crippen molar-refractivity contribution >= 4 is 0 Å². The molecule has 0 aliphatic carbocycles. The largest absolute Gasteiger partial charge is 0.380 e. The minimum Gasteiger partial charge on any atom is -0.380 e. The zero-order chi connectivity index (χ0) is 11.2. The molecule has 3 nitrogen and oxygen atoms in total. The topological polar surface area (TPSA) is 24.5 Å². The van der Waals surface area contributed by atoms with E-state index in [1.807, 2.05) is 0 Å². The van der Waals surface area contributed by atoms with Gasteiger partial charge in [0.2, 0.25) is 0 Å². The Kier molecular flexibility index (Phi) is 5.07. The van der Waals surface area contributed by atoms with Crippen molar-refractivity contribution in [2.75, 3.05) is 39.4 Å². The Hall–Kier alpha value is -0.120. The van der Waals surface area contributed by atoms with Gasteiger partial charge in [-0.1, -0.05) is 6.92 Å². The number of rotatable bonds is 5. The van der Waals surface area contributed by atoms with Gasteiger partial charge in [-0.2, -0.15) is 0 Å². The van der Waals surface area contributed by atoms with Crippen molar-refractivity contribution in [3.8, 4) is 0 Å². The molecule has 94 valence electrons. The van der Waals surface area contributed by atoms with Gasteiger partial charge in [-0.05, 0) is 51.2 Å². The number of ether oxygens (including phenoxy) is 1. The average Bonchev–Trinajstić information content (AvgIpc) is 2.83. The number of hydrogen-bond donors (Lipinski definition) is 1. The lowest BCUT2D eigenvalue weighted by molar-refractivity contribution is 0.123. The standard InChI is InChI=1S/C13H26N2O/c1-2-7-15(13-5-8-16-11-13)10-12-4-3-6-14-9-12/h12-14H,2-11H2,1H3. The molecule has 2 saturated heterocycles. The van der Waals surface area contributed by atoms with Crippen LogP contribution in [0.3, 0.4) is 0 Å². The van der Waals surface area contributed by atoms with E-state index in [4.69, 9.17) is 4.74 Å². The molecule has 1 N–H and O–H groups in total. The van der Waals surface area contributed by atoms with Crippen LogP contribution < -0.4 is 5.32 Å². The first kappa shape index (κ1) is 12.3. The molecule has 2 atom stereocenters. The molecular weight excluding hydrogens is 200 g/mol. The van der Waals surface area contributed by atoms with Crippen LogP contribution in [0.4, 0.5) is 0 Å². The molecule has 2 unspecified atom stereocenters. The predicted octanol–water partition coefficient (Wildman–Crippen LogP) is 1.49. The van der Waals surface area contributed by atoms with E-state index in [1.54, 1.807) is 0 Å². The van der Waals surface area contributed by atoms with Gasteiger partial charge in [0, 0.05) is 19.2 Å². The summed E-state index contributed by atoms with van der Waals surface area (Å²) in [6.07, 6.45) is 5.25. The van der Waals surface area contributed by atoms with Gasteiger partial charge in [-0.15, -0.1) is 0 Å². The minimum atomic E-state index is 0.696. The van der Waals surface area contributed by atoms with Crippen LogP contribution in [0.2, 0.25) is 0 Å². The summed E-state index contributed by atoms with van der Waals surface area (Å²) >= 11 is 0. The van der Waals surface area contributed by atoms with Crippen LogP contribution in [0.25, 0.3) is 0 Å². The lowest BCUT2D eigenvalue weighted by Gasteiger charge is -2.33. The Morgan fingerprint density at radius 1 is 1.38 bits per heavy atom. The molecule has 0 spiro atoms. The van der Waals surface area contributed by atoms with Crippen molar-refractivity contribution in [1.29, 1.82) is 0 Å². The van der Waals surface area contributed by atoms with Gasteiger partial charge in [0.15, 0.2) is 0 Å². The van der Waals surface area contributed by atoms with E-state index < -0.39 is 0 Å². The molecule has 0 saturated carbocycles. The van der Waals surface area contributed by atoms with Crippen molar-refractivity contribution in [1.82, 2.24) is 10.2 Å². The van der Waals surface area contributed by atoms with Crippen LogP contribution in [-0.2, 0) is 4.74 Å². The summed E-state index contributed by atoms with van der Waals surface area (Å²) in [4.78, 5) is 2.67. The third-order valence-corrected chi connectivity index (χ3v) is 3.82. The first-order chi connectivity index (χ1) is 7.90. The Labute approximate surface area is 99.5 Å². The quantitative estimate of drug-likeness (QED) is 0.768. The zero-order valence-electron chi connectivity index (χ0n) is 10.6. The molecule has 2 fully saturated rings. The van der Waals surface area contributed by atoms with E-state index in [0.29, 0.717) is 6.04 Å². The lowest BCUT2D eigenvalue weighted by atomic mass is 9.98. The molecule has 2 aliphatic heterocycles. The van der Waals surface area contributed by atoms with Gasteiger partial charge >= 0.3 is 0 Å². The van der Waals surface area contributed by atoms with Crippen LogP contribution in [-0.4, -0.2) is 50.3 Å². The first-order valence-electron chi connectivity index (χ1n) is 6.92. The molecule has 0 aromatic carbocycles. The van der Waals surface area contributed by atoms with Crippen LogP contribution >= 0.6 is 0 Å². The molecule has 2 heterocycles. The van der Waals surface area contributed by atoms with Gasteiger partial charge in [-0.25, -0.2) is 0 Å². The summed E-state index contributed by atoms with van der Waals surface area (Å²) in [7, 11) is 0. The van der Waals surface area contributed by atoms with E-state index in [1.165, 1.54) is 51.9 Å². The molecule has 0 aromatic rings. The van der Waals surface area contributed by atoms with Crippen molar-refractivity contribution in [3.05, 3.63) is 0 Å². The molecule has 0 radical (unpaired) electrons. The Morgan fingerprint density at radius 3 is 2.94 bits per heavy atom. The highest BCUT2D eigenvalue weighted by atomic mass is 16.5. The smallest absolute Gasteiger partial charge is 0.0622 e. The maximum Gasteiger partial charge on any atom is 0.0622 e. The molecule has 0 bridgehead atoms. The average molecular weight is 226 g/mol. The van der Waals surface area contributed by atoms with E-state index in [-0.39, 0.29) is 0 Å². The maximum atomic E-state index is 5.52. The Bertz CT molecular complexity index is 186. The number of nitrogens with one attached hydrogen (secondary N) is 1. The summed E-state index contributed by atoms with van der Waals surface area (Å²) in [6.45, 7) is 9.15. The highest BCUT2D eigenvalue weighted by molar-refractivity contribution is 4.80. The molecule has 2 rings (SSSR count). The van der Waals surface area contributed by atoms with Gasteiger partial charge in [0.25, 0.3) is 0 Å². The number of piperidine rings is 1. The van der Waals surface area contributed by atoms with Crippen LogP contribution in [0.15, 0.2) is 0 Å². The molecule has 3 heteroatoms. The lowest BCUT2D eigenvalue weighted by Crippen LogP contribution is -2.43. The number of hydrogen-bond acceptors (Lipinski definition) is 3. The SMILES string of the molecule is CCCN(CC1CCCNC1)C1CCOC1. The maximum absolute atomic E-state index is 5.52. The van der Waals surface area contributed by atoms with Gasteiger partial charge in [0.05, 0.1) is 6.61 Å². The monoisotopic (exact) mass is 226 g/mol. The zero-order valence-corrected chi connectivity index (χ0v) is 10.6. The molecule has 0 amide bonds. The van der Waals surface area contributed by atoms with Gasteiger partial charge < -0.3 is 10.1 Å². The molecule has 2 aliphatic rings. The third-order valence-electron chi connectivity index (χ3n) is 3.82. The van der Waals surface area contributed by atoms with Crippen LogP contribution in [0, 0.1) is 5.92 Å². The van der Waals surface area contributed by atoms with Crippen molar-refractivity contribution in [2.24, 2.45) is 5.92 Å². The fourth-order valence-electron chi connectivity index (χ4n) is 2.93. The highest BCUT2D eigenvalue weighted by Crippen LogP contribution is 2.18. The summed E-state index contributed by atoms with van der Waals surface area (Å²) in [6, 6.07) is 0.696. The first-order valence-corrected chi connectivity index (χ1v) is 6.92. The molecule has 16 heavy (non-hydrogen) atoms. The Morgan fingerprint density at radius 2 is 2.31 bits per heavy atom. The van der Waals surface area contributed by atoms with Crippen molar-refractivity contribution < 1.29 is 4.74 Å². The Balaban J connectivity index is 1.80.